The maximum atomic E-state index is 3.04. The van der Waals surface area contributed by atoms with Gasteiger partial charge in [0.15, 0.2) is 0 Å². The molecule has 0 N–H and O–H groups in total. The van der Waals surface area contributed by atoms with Crippen LogP contribution in [0.5, 0.6) is 0 Å². The standard InChI is InChI=1S/C20H31NP2S2/c1-4-7-14-21(22-17(5-2)12-13-18(22)6-3)23(19-10-8-15-24-19)20-11-9-16-25-20/h8-11,15-18H,4-7,12-14H2,1-3H3/t17-,18-/m1/s1. The maximum Gasteiger partial charge on any atom is 0.0526 e. The van der Waals surface area contributed by atoms with Gasteiger partial charge in [0.05, 0.1) is 8.07 Å². The maximum absolute atomic E-state index is 3.04. The van der Waals surface area contributed by atoms with Crippen LogP contribution in [-0.2, 0) is 0 Å². The van der Waals surface area contributed by atoms with Crippen LogP contribution < -0.4 is 9.24 Å². The fourth-order valence-electron chi connectivity index (χ4n) is 3.84. The van der Waals surface area contributed by atoms with Crippen molar-refractivity contribution >= 4 is 48.1 Å². The first-order valence-electron chi connectivity index (χ1n) is 9.72. The van der Waals surface area contributed by atoms with Crippen molar-refractivity contribution in [2.24, 2.45) is 0 Å². The van der Waals surface area contributed by atoms with Crippen LogP contribution in [0.4, 0.5) is 0 Å². The number of hydrogen-bond acceptors (Lipinski definition) is 3. The Hall–Kier alpha value is 0.220. The molecule has 1 fully saturated rings. The van der Waals surface area contributed by atoms with E-state index in [1.807, 2.05) is 22.7 Å². The highest BCUT2D eigenvalue weighted by molar-refractivity contribution is 7.86. The van der Waals surface area contributed by atoms with Crippen LogP contribution in [0, 0.1) is 0 Å². The molecule has 1 aliphatic heterocycles. The lowest BCUT2D eigenvalue weighted by atomic mass is 10.1. The second-order valence-electron chi connectivity index (χ2n) is 6.75. The molecule has 138 valence electrons. The fraction of sp³-hybridized carbons (Fsp3) is 0.600. The van der Waals surface area contributed by atoms with Crippen molar-refractivity contribution in [2.75, 3.05) is 6.54 Å². The fourth-order valence-corrected chi connectivity index (χ4v) is 14.7. The zero-order valence-electron chi connectivity index (χ0n) is 15.7. The Morgan fingerprint density at radius 3 is 1.96 bits per heavy atom. The Kier molecular flexibility index (Phi) is 7.95. The van der Waals surface area contributed by atoms with Gasteiger partial charge in [-0.05, 0) is 74.4 Å². The summed E-state index contributed by atoms with van der Waals surface area (Å²) in [6, 6.07) is 9.28. The third-order valence-corrected chi connectivity index (χ3v) is 14.6. The van der Waals surface area contributed by atoms with E-state index in [1.54, 1.807) is 9.24 Å². The summed E-state index contributed by atoms with van der Waals surface area (Å²) >= 11 is 3.94. The second kappa shape index (κ2) is 9.95. The van der Waals surface area contributed by atoms with Gasteiger partial charge in [-0.15, -0.1) is 22.7 Å². The molecule has 2 aromatic heterocycles. The van der Waals surface area contributed by atoms with Crippen LogP contribution >= 0.6 is 38.8 Å². The normalized spacial score (nSPS) is 21.6. The van der Waals surface area contributed by atoms with Gasteiger partial charge >= 0.3 is 0 Å². The van der Waals surface area contributed by atoms with Crippen LogP contribution in [0.15, 0.2) is 35.0 Å². The van der Waals surface area contributed by atoms with Gasteiger partial charge in [-0.2, -0.15) is 0 Å². The minimum Gasteiger partial charge on any atom is -0.251 e. The molecule has 0 saturated carbocycles. The smallest absolute Gasteiger partial charge is 0.0526 e. The Bertz CT molecular complexity index is 553. The van der Waals surface area contributed by atoms with Gasteiger partial charge in [0, 0.05) is 15.8 Å². The summed E-state index contributed by atoms with van der Waals surface area (Å²) in [5.74, 6) is 0. The molecule has 0 bridgehead atoms. The number of nitrogens with zero attached hydrogens (tertiary/aromatic N) is 1. The molecule has 1 saturated heterocycles. The van der Waals surface area contributed by atoms with E-state index in [2.05, 4.69) is 60.2 Å². The molecule has 5 heteroatoms. The lowest BCUT2D eigenvalue weighted by Gasteiger charge is -2.41. The highest BCUT2D eigenvalue weighted by atomic mass is 32.1. The number of thiophene rings is 2. The average Bonchev–Trinajstić information content (AvgIpc) is 3.39. The van der Waals surface area contributed by atoms with E-state index in [0.717, 1.165) is 11.3 Å². The summed E-state index contributed by atoms with van der Waals surface area (Å²) in [6.45, 7) is 8.48. The predicted molar refractivity (Wildman–Crippen MR) is 121 cm³/mol. The van der Waals surface area contributed by atoms with Crippen molar-refractivity contribution in [1.82, 2.24) is 4.44 Å². The topological polar surface area (TPSA) is 3.24 Å². The molecule has 3 heterocycles. The number of unbranched alkanes of at least 4 members (excludes halogenated alkanes) is 1. The Labute approximate surface area is 164 Å². The molecule has 1 nitrogen and oxygen atoms in total. The molecule has 0 amide bonds. The van der Waals surface area contributed by atoms with E-state index in [1.165, 1.54) is 45.1 Å². The molecule has 3 rings (SSSR count). The molecule has 0 unspecified atom stereocenters. The van der Waals surface area contributed by atoms with Crippen LogP contribution in [0.25, 0.3) is 0 Å². The minimum atomic E-state index is -0.328. The molecule has 0 aliphatic carbocycles. The van der Waals surface area contributed by atoms with E-state index in [9.17, 15) is 0 Å². The summed E-state index contributed by atoms with van der Waals surface area (Å²) in [7, 11) is -0.349. The third-order valence-electron chi connectivity index (χ3n) is 5.16. The van der Waals surface area contributed by atoms with Gasteiger partial charge in [-0.3, -0.25) is 4.44 Å². The minimum absolute atomic E-state index is 0.0206. The molecule has 25 heavy (non-hydrogen) atoms. The summed E-state index contributed by atoms with van der Waals surface area (Å²) < 4.78 is 6.25. The first-order chi connectivity index (χ1) is 12.3. The van der Waals surface area contributed by atoms with Crippen molar-refractivity contribution in [3.8, 4) is 0 Å². The number of rotatable bonds is 9. The lowest BCUT2D eigenvalue weighted by molar-refractivity contribution is 0.627. The summed E-state index contributed by atoms with van der Waals surface area (Å²) in [5, 5.41) is 4.54. The molecule has 0 aromatic carbocycles. The van der Waals surface area contributed by atoms with Crippen LogP contribution in [0.2, 0.25) is 0 Å². The molecule has 1 aliphatic rings. The summed E-state index contributed by atoms with van der Waals surface area (Å²) in [4.78, 5) is 0. The summed E-state index contributed by atoms with van der Waals surface area (Å²) in [5.41, 5.74) is 1.89. The average molecular weight is 412 g/mol. The SMILES string of the molecule is CCCCN(P(c1cccs1)c1cccs1)P1[C@H](CC)CC[C@H]1CC. The van der Waals surface area contributed by atoms with Crippen LogP contribution in [-0.4, -0.2) is 22.3 Å². The third kappa shape index (κ3) is 4.56. The van der Waals surface area contributed by atoms with Crippen molar-refractivity contribution in [2.45, 2.75) is 70.6 Å². The van der Waals surface area contributed by atoms with Gasteiger partial charge in [0.1, 0.15) is 0 Å². The highest BCUT2D eigenvalue weighted by Gasteiger charge is 2.41. The van der Waals surface area contributed by atoms with E-state index in [0.29, 0.717) is 0 Å². The van der Waals surface area contributed by atoms with Crippen molar-refractivity contribution in [3.05, 3.63) is 35.0 Å². The van der Waals surface area contributed by atoms with E-state index < -0.39 is 0 Å². The van der Waals surface area contributed by atoms with Gasteiger partial charge in [-0.25, -0.2) is 0 Å². The largest absolute Gasteiger partial charge is 0.251 e. The zero-order chi connectivity index (χ0) is 17.6. The Morgan fingerprint density at radius 1 is 1.00 bits per heavy atom. The highest BCUT2D eigenvalue weighted by Crippen LogP contribution is 2.67. The Balaban J connectivity index is 1.99. The van der Waals surface area contributed by atoms with Gasteiger partial charge in [0.25, 0.3) is 0 Å². The van der Waals surface area contributed by atoms with Crippen molar-refractivity contribution < 1.29 is 0 Å². The van der Waals surface area contributed by atoms with E-state index in [4.69, 9.17) is 0 Å². The van der Waals surface area contributed by atoms with Gasteiger partial charge in [-0.1, -0.05) is 39.3 Å². The van der Waals surface area contributed by atoms with Crippen LogP contribution in [0.1, 0.15) is 59.3 Å². The first kappa shape index (κ1) is 20.0. The van der Waals surface area contributed by atoms with Crippen molar-refractivity contribution in [1.29, 1.82) is 0 Å². The predicted octanol–water partition coefficient (Wildman–Crippen LogP) is 7.01. The zero-order valence-corrected chi connectivity index (χ0v) is 19.1. The lowest BCUT2D eigenvalue weighted by Crippen LogP contribution is -2.28. The number of hydrogen-bond donors (Lipinski definition) is 0. The molecule has 0 spiro atoms. The molecule has 2 aromatic rings. The Morgan fingerprint density at radius 2 is 1.56 bits per heavy atom. The summed E-state index contributed by atoms with van der Waals surface area (Å²) in [6.07, 6.45) is 8.28. The van der Waals surface area contributed by atoms with Crippen LogP contribution in [0.3, 0.4) is 0 Å². The monoisotopic (exact) mass is 411 g/mol. The van der Waals surface area contributed by atoms with E-state index in [-0.39, 0.29) is 16.1 Å². The molecular formula is C20H31NP2S2. The van der Waals surface area contributed by atoms with Gasteiger partial charge in [0.2, 0.25) is 0 Å². The molecule has 2 atom stereocenters. The van der Waals surface area contributed by atoms with Crippen molar-refractivity contribution in [3.63, 3.8) is 0 Å². The molecular weight excluding hydrogens is 380 g/mol. The van der Waals surface area contributed by atoms with E-state index >= 15 is 0 Å². The second-order valence-corrected chi connectivity index (χ2v) is 14.3. The molecule has 0 radical (unpaired) electrons. The quantitative estimate of drug-likeness (QED) is 0.401. The van der Waals surface area contributed by atoms with Gasteiger partial charge < -0.3 is 0 Å². The first-order valence-corrected chi connectivity index (χ1v) is 14.2.